The fourth-order valence-electron chi connectivity index (χ4n) is 1.69. The Morgan fingerprint density at radius 1 is 1.33 bits per heavy atom. The van der Waals surface area contributed by atoms with Gasteiger partial charge < -0.3 is 5.11 Å². The molecule has 1 aliphatic rings. The largest absolute Gasteiger partial charge is 0.390 e. The van der Waals surface area contributed by atoms with Crippen LogP contribution in [-0.4, -0.2) is 25.4 Å². The van der Waals surface area contributed by atoms with Crippen LogP contribution in [0.5, 0.6) is 0 Å². The maximum Gasteiger partial charge on any atom is 0.175 e. The van der Waals surface area contributed by atoms with Gasteiger partial charge in [-0.1, -0.05) is 18.2 Å². The highest BCUT2D eigenvalue weighted by molar-refractivity contribution is 7.90. The second-order valence-corrected chi connectivity index (χ2v) is 6.27. The van der Waals surface area contributed by atoms with Crippen molar-refractivity contribution in [2.75, 3.05) is 6.26 Å². The van der Waals surface area contributed by atoms with Crippen LogP contribution < -0.4 is 0 Å². The third-order valence-corrected chi connectivity index (χ3v) is 3.92. The summed E-state index contributed by atoms with van der Waals surface area (Å²) in [5, 5.41) is 9.78. The molecule has 3 nitrogen and oxygen atoms in total. The van der Waals surface area contributed by atoms with Crippen molar-refractivity contribution in [3.8, 4) is 0 Å². The van der Waals surface area contributed by atoms with Gasteiger partial charge in [0, 0.05) is 12.7 Å². The molecule has 0 aromatic heterocycles. The van der Waals surface area contributed by atoms with Gasteiger partial charge >= 0.3 is 0 Å². The molecular weight excluding hydrogens is 212 g/mol. The van der Waals surface area contributed by atoms with Gasteiger partial charge in [-0.15, -0.1) is 0 Å². The van der Waals surface area contributed by atoms with E-state index >= 15 is 0 Å². The van der Waals surface area contributed by atoms with Crippen LogP contribution >= 0.6 is 0 Å². The summed E-state index contributed by atoms with van der Waals surface area (Å²) in [4.78, 5) is 0.338. The first-order valence-corrected chi connectivity index (χ1v) is 6.80. The van der Waals surface area contributed by atoms with Gasteiger partial charge in [0.05, 0.1) is 10.5 Å². The summed E-state index contributed by atoms with van der Waals surface area (Å²) in [6.07, 6.45) is 3.18. The molecule has 0 radical (unpaired) electrons. The van der Waals surface area contributed by atoms with E-state index in [1.165, 1.54) is 6.26 Å². The lowest BCUT2D eigenvalue weighted by Gasteiger charge is -2.11. The van der Waals surface area contributed by atoms with Crippen molar-refractivity contribution < 1.29 is 13.5 Å². The molecule has 1 saturated carbocycles. The molecule has 1 aliphatic carbocycles. The minimum atomic E-state index is -3.19. The molecule has 15 heavy (non-hydrogen) atoms. The molecule has 1 aromatic rings. The van der Waals surface area contributed by atoms with Crippen molar-refractivity contribution in [2.45, 2.75) is 29.8 Å². The van der Waals surface area contributed by atoms with E-state index in [9.17, 15) is 13.5 Å². The van der Waals surface area contributed by atoms with Crippen LogP contribution in [-0.2, 0) is 16.3 Å². The Labute approximate surface area is 89.7 Å². The van der Waals surface area contributed by atoms with Crippen LogP contribution in [0.2, 0.25) is 0 Å². The highest BCUT2D eigenvalue weighted by atomic mass is 32.2. The number of aliphatic hydroxyl groups is 1. The first-order valence-electron chi connectivity index (χ1n) is 4.91. The van der Waals surface area contributed by atoms with E-state index < -0.39 is 15.4 Å². The summed E-state index contributed by atoms with van der Waals surface area (Å²) in [5.41, 5.74) is 0.0702. The normalized spacial score (nSPS) is 18.8. The van der Waals surface area contributed by atoms with E-state index in [2.05, 4.69) is 0 Å². The predicted octanol–water partition coefficient (Wildman–Crippen LogP) is 1.16. The first kappa shape index (κ1) is 10.6. The van der Waals surface area contributed by atoms with E-state index in [0.717, 1.165) is 18.4 Å². The summed E-state index contributed by atoms with van der Waals surface area (Å²) in [6, 6.07) is 6.87. The van der Waals surface area contributed by atoms with Crippen LogP contribution in [0.15, 0.2) is 29.2 Å². The third-order valence-electron chi connectivity index (χ3n) is 2.72. The molecule has 1 N–H and O–H groups in total. The second-order valence-electron chi connectivity index (χ2n) is 4.28. The average molecular weight is 226 g/mol. The highest BCUT2D eigenvalue weighted by Crippen LogP contribution is 2.39. The fraction of sp³-hybridized carbons (Fsp3) is 0.455. The maximum absolute atomic E-state index is 11.5. The lowest BCUT2D eigenvalue weighted by molar-refractivity contribution is 0.150. The molecule has 0 atom stereocenters. The molecule has 0 amide bonds. The van der Waals surface area contributed by atoms with Crippen LogP contribution in [0, 0.1) is 0 Å². The molecule has 0 unspecified atom stereocenters. The van der Waals surface area contributed by atoms with Gasteiger partial charge in [0.15, 0.2) is 9.84 Å². The van der Waals surface area contributed by atoms with Crippen molar-refractivity contribution in [3.63, 3.8) is 0 Å². The number of sulfone groups is 1. The van der Waals surface area contributed by atoms with Gasteiger partial charge in [0.25, 0.3) is 0 Å². The number of rotatable bonds is 3. The molecule has 2 rings (SSSR count). The fourth-order valence-corrected chi connectivity index (χ4v) is 2.63. The topological polar surface area (TPSA) is 54.4 Å². The summed E-state index contributed by atoms with van der Waals surface area (Å²) in [5.74, 6) is 0. The summed E-state index contributed by atoms with van der Waals surface area (Å²) < 4.78 is 23.0. The Morgan fingerprint density at radius 3 is 2.47 bits per heavy atom. The van der Waals surface area contributed by atoms with Gasteiger partial charge in [0.2, 0.25) is 0 Å². The Bertz CT molecular complexity index is 472. The number of hydrogen-bond donors (Lipinski definition) is 1. The Hall–Kier alpha value is -0.870. The minimum absolute atomic E-state index is 0.338. The first-order chi connectivity index (χ1) is 6.91. The summed E-state index contributed by atoms with van der Waals surface area (Å²) >= 11 is 0. The van der Waals surface area contributed by atoms with Crippen molar-refractivity contribution in [1.82, 2.24) is 0 Å². The van der Waals surface area contributed by atoms with Crippen LogP contribution in [0.4, 0.5) is 0 Å². The zero-order chi connectivity index (χ0) is 11.1. The lowest BCUT2D eigenvalue weighted by Crippen LogP contribution is -2.13. The molecule has 4 heteroatoms. The van der Waals surface area contributed by atoms with Crippen molar-refractivity contribution in [1.29, 1.82) is 0 Å². The van der Waals surface area contributed by atoms with E-state index in [1.54, 1.807) is 24.3 Å². The van der Waals surface area contributed by atoms with E-state index in [0.29, 0.717) is 11.3 Å². The zero-order valence-electron chi connectivity index (χ0n) is 8.60. The Balaban J connectivity index is 2.38. The molecule has 1 fully saturated rings. The third kappa shape index (κ3) is 2.38. The Morgan fingerprint density at radius 2 is 1.93 bits per heavy atom. The molecule has 0 aliphatic heterocycles. The van der Waals surface area contributed by atoms with E-state index in [4.69, 9.17) is 0 Å². The molecule has 0 bridgehead atoms. The lowest BCUT2D eigenvalue weighted by atomic mass is 10.1. The number of benzene rings is 1. The van der Waals surface area contributed by atoms with Gasteiger partial charge in [-0.3, -0.25) is 0 Å². The molecule has 0 heterocycles. The average Bonchev–Trinajstić information content (AvgIpc) is 2.82. The van der Waals surface area contributed by atoms with Crippen molar-refractivity contribution in [2.24, 2.45) is 0 Å². The molecule has 82 valence electrons. The van der Waals surface area contributed by atoms with Gasteiger partial charge in [0.1, 0.15) is 0 Å². The van der Waals surface area contributed by atoms with Crippen molar-refractivity contribution in [3.05, 3.63) is 29.8 Å². The minimum Gasteiger partial charge on any atom is -0.390 e. The van der Waals surface area contributed by atoms with Gasteiger partial charge in [-0.2, -0.15) is 0 Å². The van der Waals surface area contributed by atoms with Gasteiger partial charge in [-0.05, 0) is 24.5 Å². The second kappa shape index (κ2) is 3.32. The molecule has 0 spiro atoms. The predicted molar refractivity (Wildman–Crippen MR) is 57.4 cm³/mol. The standard InChI is InChI=1S/C11H14O3S/c1-15(13,14)10-5-3-2-4-9(10)8-11(12)6-7-11/h2-5,12H,6-8H2,1H3. The van der Waals surface area contributed by atoms with E-state index in [1.807, 2.05) is 0 Å². The van der Waals surface area contributed by atoms with E-state index in [-0.39, 0.29) is 0 Å². The Kier molecular flexibility index (Phi) is 2.35. The highest BCUT2D eigenvalue weighted by Gasteiger charge is 2.40. The van der Waals surface area contributed by atoms with Crippen LogP contribution in [0.1, 0.15) is 18.4 Å². The van der Waals surface area contributed by atoms with Crippen LogP contribution in [0.3, 0.4) is 0 Å². The zero-order valence-corrected chi connectivity index (χ0v) is 9.42. The van der Waals surface area contributed by atoms with Crippen LogP contribution in [0.25, 0.3) is 0 Å². The maximum atomic E-state index is 11.5. The number of hydrogen-bond acceptors (Lipinski definition) is 3. The smallest absolute Gasteiger partial charge is 0.175 e. The summed E-state index contributed by atoms with van der Waals surface area (Å²) in [7, 11) is -3.19. The molecular formula is C11H14O3S. The van der Waals surface area contributed by atoms with Gasteiger partial charge in [-0.25, -0.2) is 8.42 Å². The molecule has 0 saturated heterocycles. The molecule has 1 aromatic carbocycles. The monoisotopic (exact) mass is 226 g/mol. The quantitative estimate of drug-likeness (QED) is 0.841. The summed E-state index contributed by atoms with van der Waals surface area (Å²) in [6.45, 7) is 0. The van der Waals surface area contributed by atoms with Crippen molar-refractivity contribution >= 4 is 9.84 Å². The SMILES string of the molecule is CS(=O)(=O)c1ccccc1CC1(O)CC1.